The van der Waals surface area contributed by atoms with E-state index in [9.17, 15) is 18.0 Å². The predicted octanol–water partition coefficient (Wildman–Crippen LogP) is -0.116. The predicted molar refractivity (Wildman–Crippen MR) is 72.0 cm³/mol. The summed E-state index contributed by atoms with van der Waals surface area (Å²) < 4.78 is 26.6. The van der Waals surface area contributed by atoms with Crippen molar-refractivity contribution in [2.75, 3.05) is 13.6 Å². The summed E-state index contributed by atoms with van der Waals surface area (Å²) in [5, 5.41) is 8.66. The van der Waals surface area contributed by atoms with Crippen LogP contribution in [0.3, 0.4) is 0 Å². The number of carboxylic acid groups (broad SMARTS) is 1. The average molecular weight is 318 g/mol. The van der Waals surface area contributed by atoms with E-state index in [1.807, 2.05) is 0 Å². The largest absolute Gasteiger partial charge is 0.481 e. The maximum atomic E-state index is 12.1. The topological polar surface area (TPSA) is 104 Å². The molecule has 0 bridgehead atoms. The van der Waals surface area contributed by atoms with Crippen molar-refractivity contribution < 1.29 is 23.1 Å². The van der Waals surface area contributed by atoms with Gasteiger partial charge in [0.1, 0.15) is 10.3 Å². The Balaban J connectivity index is 2.12. The molecule has 0 spiro atoms. The number of carbonyl (C=O) groups excluding carboxylic acids is 1. The van der Waals surface area contributed by atoms with Crippen LogP contribution in [-0.4, -0.2) is 49.9 Å². The van der Waals surface area contributed by atoms with E-state index in [0.29, 0.717) is 17.8 Å². The fraction of sp³-hybridized carbons (Fsp3) is 0.455. The first-order valence-electron chi connectivity index (χ1n) is 5.87. The van der Waals surface area contributed by atoms with Crippen molar-refractivity contribution >= 4 is 33.2 Å². The molecule has 1 aromatic rings. The first-order chi connectivity index (χ1) is 9.29. The minimum absolute atomic E-state index is 0.0242. The molecule has 2 rings (SSSR count). The molecular formula is C11H14N2O5S2. The summed E-state index contributed by atoms with van der Waals surface area (Å²) in [4.78, 5) is 24.2. The molecule has 1 aliphatic heterocycles. The van der Waals surface area contributed by atoms with Crippen LogP contribution in [0.2, 0.25) is 0 Å². The molecule has 20 heavy (non-hydrogen) atoms. The van der Waals surface area contributed by atoms with Gasteiger partial charge in [-0.1, -0.05) is 0 Å². The van der Waals surface area contributed by atoms with Gasteiger partial charge in [-0.2, -0.15) is 4.72 Å². The molecule has 1 amide bonds. The van der Waals surface area contributed by atoms with Gasteiger partial charge in [0.15, 0.2) is 0 Å². The van der Waals surface area contributed by atoms with Crippen molar-refractivity contribution in [3.8, 4) is 0 Å². The minimum Gasteiger partial charge on any atom is -0.481 e. The number of carboxylic acids is 1. The molecule has 110 valence electrons. The Bertz CT molecular complexity index is 637. The second-order valence-corrected chi connectivity index (χ2v) is 7.62. The molecule has 1 unspecified atom stereocenters. The van der Waals surface area contributed by atoms with Crippen molar-refractivity contribution in [1.82, 2.24) is 9.62 Å². The molecule has 7 nitrogen and oxygen atoms in total. The average Bonchev–Trinajstić information content (AvgIpc) is 2.91. The number of amides is 1. The number of likely N-dealkylation sites (N-methyl/N-ethyl adjacent to an activating group) is 1. The van der Waals surface area contributed by atoms with Crippen LogP contribution in [-0.2, 0) is 26.0 Å². The van der Waals surface area contributed by atoms with Crippen LogP contribution in [0.15, 0.2) is 16.3 Å². The summed E-state index contributed by atoms with van der Waals surface area (Å²) in [5.74, 6) is -1.27. The molecule has 2 heterocycles. The van der Waals surface area contributed by atoms with Crippen molar-refractivity contribution in [3.05, 3.63) is 17.0 Å². The Hall–Kier alpha value is -1.45. The molecule has 0 saturated carbocycles. The molecule has 1 aliphatic rings. The summed E-state index contributed by atoms with van der Waals surface area (Å²) in [7, 11) is -2.17. The molecule has 9 heteroatoms. The van der Waals surface area contributed by atoms with E-state index in [4.69, 9.17) is 5.11 Å². The monoisotopic (exact) mass is 318 g/mol. The third kappa shape index (κ3) is 3.17. The zero-order chi connectivity index (χ0) is 14.9. The lowest BCUT2D eigenvalue weighted by Crippen LogP contribution is -2.40. The first kappa shape index (κ1) is 14.9. The highest BCUT2D eigenvalue weighted by Gasteiger charge is 2.33. The van der Waals surface area contributed by atoms with Gasteiger partial charge in [-0.3, -0.25) is 9.59 Å². The quantitative estimate of drug-likeness (QED) is 0.788. The number of nitrogens with one attached hydrogen (secondary N) is 1. The van der Waals surface area contributed by atoms with Gasteiger partial charge in [-0.15, -0.1) is 11.3 Å². The van der Waals surface area contributed by atoms with Crippen LogP contribution in [0.25, 0.3) is 0 Å². The maximum absolute atomic E-state index is 12.1. The number of hydrogen-bond donors (Lipinski definition) is 2. The number of aliphatic carboxylic acids is 1. The number of carbonyl (C=O) groups is 2. The number of rotatable bonds is 5. The normalized spacial score (nSPS) is 19.6. The van der Waals surface area contributed by atoms with Gasteiger partial charge in [0.05, 0.1) is 6.42 Å². The van der Waals surface area contributed by atoms with Crippen LogP contribution in [0.1, 0.15) is 11.3 Å². The van der Waals surface area contributed by atoms with E-state index < -0.39 is 22.0 Å². The summed E-state index contributed by atoms with van der Waals surface area (Å²) in [6.07, 6.45) is 0.215. The SMILES string of the molecule is CN1CCC(NS(=O)(=O)c2ccc(CC(=O)O)s2)C1=O. The molecule has 0 radical (unpaired) electrons. The lowest BCUT2D eigenvalue weighted by atomic mass is 10.3. The van der Waals surface area contributed by atoms with Crippen LogP contribution < -0.4 is 4.72 Å². The molecule has 0 aliphatic carbocycles. The zero-order valence-electron chi connectivity index (χ0n) is 10.7. The molecule has 1 fully saturated rings. The third-order valence-electron chi connectivity index (χ3n) is 2.95. The van der Waals surface area contributed by atoms with Gasteiger partial charge in [0, 0.05) is 18.5 Å². The van der Waals surface area contributed by atoms with Gasteiger partial charge < -0.3 is 10.0 Å². The van der Waals surface area contributed by atoms with Crippen molar-refractivity contribution in [3.63, 3.8) is 0 Å². The smallest absolute Gasteiger partial charge is 0.308 e. The fourth-order valence-electron chi connectivity index (χ4n) is 1.92. The highest BCUT2D eigenvalue weighted by molar-refractivity contribution is 7.91. The zero-order valence-corrected chi connectivity index (χ0v) is 12.3. The fourth-order valence-corrected chi connectivity index (χ4v) is 4.51. The Kier molecular flexibility index (Phi) is 4.11. The van der Waals surface area contributed by atoms with E-state index in [1.165, 1.54) is 17.0 Å². The van der Waals surface area contributed by atoms with E-state index in [0.717, 1.165) is 11.3 Å². The molecule has 0 aromatic carbocycles. The van der Waals surface area contributed by atoms with Crippen molar-refractivity contribution in [2.24, 2.45) is 0 Å². The molecular weight excluding hydrogens is 304 g/mol. The molecule has 1 aromatic heterocycles. The summed E-state index contributed by atoms with van der Waals surface area (Å²) >= 11 is 0.897. The second-order valence-electron chi connectivity index (χ2n) is 4.51. The highest BCUT2D eigenvalue weighted by atomic mass is 32.2. The van der Waals surface area contributed by atoms with Crippen LogP contribution in [0.5, 0.6) is 0 Å². The highest BCUT2D eigenvalue weighted by Crippen LogP contribution is 2.23. The second kappa shape index (κ2) is 5.51. The number of sulfonamides is 1. The number of nitrogens with zero attached hydrogens (tertiary/aromatic N) is 1. The Labute approximate surface area is 120 Å². The molecule has 1 atom stereocenters. The number of hydrogen-bond acceptors (Lipinski definition) is 5. The Morgan fingerprint density at radius 2 is 2.25 bits per heavy atom. The van der Waals surface area contributed by atoms with Crippen molar-refractivity contribution in [1.29, 1.82) is 0 Å². The van der Waals surface area contributed by atoms with Gasteiger partial charge in [-0.05, 0) is 18.6 Å². The first-order valence-corrected chi connectivity index (χ1v) is 8.17. The van der Waals surface area contributed by atoms with Gasteiger partial charge >= 0.3 is 5.97 Å². The van der Waals surface area contributed by atoms with Crippen LogP contribution >= 0.6 is 11.3 Å². The Morgan fingerprint density at radius 1 is 1.55 bits per heavy atom. The van der Waals surface area contributed by atoms with E-state index >= 15 is 0 Å². The van der Waals surface area contributed by atoms with Crippen LogP contribution in [0.4, 0.5) is 0 Å². The summed E-state index contributed by atoms with van der Waals surface area (Å²) in [6, 6.07) is 2.08. The lowest BCUT2D eigenvalue weighted by molar-refractivity contribution is -0.136. The van der Waals surface area contributed by atoms with E-state index in [2.05, 4.69) is 4.72 Å². The Morgan fingerprint density at radius 3 is 2.80 bits per heavy atom. The number of thiophene rings is 1. The minimum atomic E-state index is -3.79. The van der Waals surface area contributed by atoms with Gasteiger partial charge in [-0.25, -0.2) is 8.42 Å². The van der Waals surface area contributed by atoms with Crippen molar-refractivity contribution in [2.45, 2.75) is 23.1 Å². The standard InChI is InChI=1S/C11H14N2O5S2/c1-13-5-4-8(11(13)16)12-20(17,18)10-3-2-7(19-10)6-9(14)15/h2-3,8,12H,4-6H2,1H3,(H,14,15). The summed E-state index contributed by atoms with van der Waals surface area (Å²) in [6.45, 7) is 0.515. The van der Waals surface area contributed by atoms with Crippen LogP contribution in [0, 0.1) is 0 Å². The summed E-state index contributed by atoms with van der Waals surface area (Å²) in [5.41, 5.74) is 0. The van der Waals surface area contributed by atoms with Gasteiger partial charge in [0.25, 0.3) is 10.0 Å². The van der Waals surface area contributed by atoms with E-state index in [1.54, 1.807) is 7.05 Å². The van der Waals surface area contributed by atoms with E-state index in [-0.39, 0.29) is 16.5 Å². The lowest BCUT2D eigenvalue weighted by Gasteiger charge is -2.11. The number of likely N-dealkylation sites (tertiary alicyclic amines) is 1. The third-order valence-corrected chi connectivity index (χ3v) is 6.00. The maximum Gasteiger partial charge on any atom is 0.308 e. The molecule has 1 saturated heterocycles. The van der Waals surface area contributed by atoms with Gasteiger partial charge in [0.2, 0.25) is 5.91 Å². The molecule has 2 N–H and O–H groups in total.